The fourth-order valence-corrected chi connectivity index (χ4v) is 0.986. The molecule has 13 heavy (non-hydrogen) atoms. The molecule has 0 aliphatic rings. The van der Waals surface area contributed by atoms with Crippen molar-refractivity contribution in [2.75, 3.05) is 7.11 Å². The first-order valence-electron chi connectivity index (χ1n) is 3.55. The van der Waals surface area contributed by atoms with Crippen molar-refractivity contribution in [2.45, 2.75) is 6.10 Å². The van der Waals surface area contributed by atoms with Crippen molar-refractivity contribution in [2.24, 2.45) is 0 Å². The van der Waals surface area contributed by atoms with Crippen LogP contribution < -0.4 is 0 Å². The van der Waals surface area contributed by atoms with Crippen molar-refractivity contribution in [1.82, 2.24) is 0 Å². The van der Waals surface area contributed by atoms with Gasteiger partial charge in [-0.3, -0.25) is 4.79 Å². The molecule has 1 aromatic rings. The Kier molecular flexibility index (Phi) is 3.08. The van der Waals surface area contributed by atoms with E-state index in [9.17, 15) is 13.6 Å². The number of benzene rings is 1. The summed E-state index contributed by atoms with van der Waals surface area (Å²) in [5.41, 5.74) is -0.403. The van der Waals surface area contributed by atoms with Gasteiger partial charge in [-0.15, -0.1) is 0 Å². The molecule has 0 heterocycles. The van der Waals surface area contributed by atoms with E-state index in [2.05, 4.69) is 4.74 Å². The molecule has 0 spiro atoms. The molecule has 1 rings (SSSR count). The van der Waals surface area contributed by atoms with Crippen molar-refractivity contribution in [3.63, 3.8) is 0 Å². The first-order chi connectivity index (χ1) is 6.20. The molecule has 4 heteroatoms. The van der Waals surface area contributed by atoms with Crippen LogP contribution in [0.25, 0.3) is 0 Å². The molecule has 0 aliphatic heterocycles. The minimum Gasteiger partial charge on any atom is -0.368 e. The maximum absolute atomic E-state index is 13.0. The molecular formula is C9H7F2O2. The van der Waals surface area contributed by atoms with Gasteiger partial charge in [-0.1, -0.05) is 6.07 Å². The summed E-state index contributed by atoms with van der Waals surface area (Å²) in [7, 11) is 1.18. The van der Waals surface area contributed by atoms with E-state index >= 15 is 0 Å². The quantitative estimate of drug-likeness (QED) is 0.717. The zero-order valence-corrected chi connectivity index (χ0v) is 6.88. The highest BCUT2D eigenvalue weighted by molar-refractivity contribution is 5.61. The molecule has 0 N–H and O–H groups in total. The van der Waals surface area contributed by atoms with Gasteiger partial charge in [-0.25, -0.2) is 8.78 Å². The van der Waals surface area contributed by atoms with E-state index in [4.69, 9.17) is 0 Å². The summed E-state index contributed by atoms with van der Waals surface area (Å²) in [5, 5.41) is 0. The Balaban J connectivity index is 3.17. The summed E-state index contributed by atoms with van der Waals surface area (Å²) in [4.78, 5) is 10.3. The van der Waals surface area contributed by atoms with Gasteiger partial charge in [0.1, 0.15) is 11.6 Å². The molecule has 0 aromatic heterocycles. The zero-order chi connectivity index (χ0) is 9.84. The Bertz CT molecular complexity index is 292. The maximum atomic E-state index is 13.0. The Hall–Kier alpha value is -1.29. The second-order valence-electron chi connectivity index (χ2n) is 2.37. The lowest BCUT2D eigenvalue weighted by Gasteiger charge is -2.09. The summed E-state index contributed by atoms with van der Waals surface area (Å²) < 4.78 is 30.5. The van der Waals surface area contributed by atoms with Crippen molar-refractivity contribution in [3.8, 4) is 0 Å². The van der Waals surface area contributed by atoms with Crippen molar-refractivity contribution < 1.29 is 18.3 Å². The molecule has 0 saturated heterocycles. The second-order valence-corrected chi connectivity index (χ2v) is 2.37. The standard InChI is InChI=1S/C9H7F2O2/c1-13-8(5-12)9-6(10)3-2-4-7(9)11/h2-4,8H,1H3/t8-/m1/s1. The fourth-order valence-electron chi connectivity index (χ4n) is 0.986. The van der Waals surface area contributed by atoms with Gasteiger partial charge < -0.3 is 4.74 Å². The molecule has 0 unspecified atom stereocenters. The molecule has 0 amide bonds. The molecule has 0 saturated carbocycles. The van der Waals surface area contributed by atoms with E-state index in [-0.39, 0.29) is 0 Å². The number of ether oxygens (including phenoxy) is 1. The molecule has 2 nitrogen and oxygen atoms in total. The van der Waals surface area contributed by atoms with Crippen LogP contribution in [0, 0.1) is 11.6 Å². The Morgan fingerprint density at radius 1 is 1.38 bits per heavy atom. The zero-order valence-electron chi connectivity index (χ0n) is 6.88. The number of rotatable bonds is 3. The lowest BCUT2D eigenvalue weighted by Crippen LogP contribution is -2.07. The van der Waals surface area contributed by atoms with Gasteiger partial charge in [0, 0.05) is 7.11 Å². The summed E-state index contributed by atoms with van der Waals surface area (Å²) >= 11 is 0. The highest BCUT2D eigenvalue weighted by Gasteiger charge is 2.19. The second kappa shape index (κ2) is 4.09. The summed E-state index contributed by atoms with van der Waals surface area (Å²) in [5.74, 6) is -1.62. The molecule has 69 valence electrons. The third-order valence-corrected chi connectivity index (χ3v) is 1.60. The van der Waals surface area contributed by atoms with Crippen LogP contribution in [0.3, 0.4) is 0 Å². The highest BCUT2D eigenvalue weighted by Crippen LogP contribution is 2.21. The molecule has 0 bridgehead atoms. The molecule has 1 aromatic carbocycles. The number of carbonyl (C=O) groups excluding carboxylic acids is 1. The molecule has 0 fully saturated rings. The van der Waals surface area contributed by atoms with E-state index < -0.39 is 23.3 Å². The molecule has 0 aliphatic carbocycles. The first kappa shape index (κ1) is 9.80. The Labute approximate surface area is 74.1 Å². The van der Waals surface area contributed by atoms with Gasteiger partial charge in [0.15, 0.2) is 6.10 Å². The number of hydrogen-bond donors (Lipinski definition) is 0. The molecule has 1 radical (unpaired) electrons. The predicted molar refractivity (Wildman–Crippen MR) is 41.8 cm³/mol. The average molecular weight is 185 g/mol. The van der Waals surface area contributed by atoms with Crippen LogP contribution in [0.1, 0.15) is 11.7 Å². The van der Waals surface area contributed by atoms with E-state index in [0.29, 0.717) is 0 Å². The van der Waals surface area contributed by atoms with E-state index in [1.807, 2.05) is 0 Å². The summed E-state index contributed by atoms with van der Waals surface area (Å²) in [6.45, 7) is 0. The van der Waals surface area contributed by atoms with Crippen LogP contribution in [0.2, 0.25) is 0 Å². The van der Waals surface area contributed by atoms with E-state index in [1.165, 1.54) is 19.5 Å². The smallest absolute Gasteiger partial charge is 0.234 e. The van der Waals surface area contributed by atoms with Crippen LogP contribution in [0.5, 0.6) is 0 Å². The largest absolute Gasteiger partial charge is 0.368 e. The van der Waals surface area contributed by atoms with Crippen LogP contribution >= 0.6 is 0 Å². The van der Waals surface area contributed by atoms with E-state index in [0.717, 1.165) is 12.1 Å². The van der Waals surface area contributed by atoms with Crippen molar-refractivity contribution >= 4 is 6.29 Å². The van der Waals surface area contributed by atoms with Gasteiger partial charge in [-0.2, -0.15) is 0 Å². The third-order valence-electron chi connectivity index (χ3n) is 1.60. The Morgan fingerprint density at radius 3 is 2.31 bits per heavy atom. The van der Waals surface area contributed by atoms with Gasteiger partial charge in [0.25, 0.3) is 0 Å². The van der Waals surface area contributed by atoms with Crippen molar-refractivity contribution in [1.29, 1.82) is 0 Å². The first-order valence-corrected chi connectivity index (χ1v) is 3.55. The van der Waals surface area contributed by atoms with Gasteiger partial charge in [-0.05, 0) is 12.1 Å². The Morgan fingerprint density at radius 2 is 1.92 bits per heavy atom. The molecule has 1 atom stereocenters. The number of hydrogen-bond acceptors (Lipinski definition) is 2. The minimum absolute atomic E-state index is 0.403. The summed E-state index contributed by atoms with van der Waals surface area (Å²) in [6.07, 6.45) is 0.0930. The van der Waals surface area contributed by atoms with Crippen LogP contribution in [0.4, 0.5) is 8.78 Å². The fraction of sp³-hybridized carbons (Fsp3) is 0.222. The third kappa shape index (κ3) is 1.89. The molecular weight excluding hydrogens is 178 g/mol. The van der Waals surface area contributed by atoms with Crippen LogP contribution in [-0.4, -0.2) is 13.4 Å². The lowest BCUT2D eigenvalue weighted by molar-refractivity contribution is 0.147. The average Bonchev–Trinajstić information content (AvgIpc) is 2.11. The normalized spacial score (nSPS) is 12.5. The topological polar surface area (TPSA) is 26.3 Å². The van der Waals surface area contributed by atoms with Gasteiger partial charge in [0.05, 0.1) is 5.56 Å². The van der Waals surface area contributed by atoms with Crippen LogP contribution in [0.15, 0.2) is 18.2 Å². The van der Waals surface area contributed by atoms with Gasteiger partial charge >= 0.3 is 0 Å². The van der Waals surface area contributed by atoms with E-state index in [1.54, 1.807) is 0 Å². The predicted octanol–water partition coefficient (Wildman–Crippen LogP) is 1.76. The van der Waals surface area contributed by atoms with Crippen LogP contribution in [-0.2, 0) is 9.53 Å². The number of methoxy groups -OCH3 is 1. The summed E-state index contributed by atoms with van der Waals surface area (Å²) in [6, 6.07) is 3.33. The lowest BCUT2D eigenvalue weighted by atomic mass is 10.1. The monoisotopic (exact) mass is 185 g/mol. The SMILES string of the molecule is CO[C@H]([C]=O)c1c(F)cccc1F. The number of halogens is 2. The van der Waals surface area contributed by atoms with Crippen molar-refractivity contribution in [3.05, 3.63) is 35.4 Å². The maximum Gasteiger partial charge on any atom is 0.234 e. The highest BCUT2D eigenvalue weighted by atomic mass is 19.1. The minimum atomic E-state index is -1.30. The van der Waals surface area contributed by atoms with Gasteiger partial charge in [0.2, 0.25) is 6.29 Å².